The van der Waals surface area contributed by atoms with Crippen molar-refractivity contribution in [2.75, 3.05) is 4.90 Å². The van der Waals surface area contributed by atoms with Crippen LogP contribution >= 0.6 is 0 Å². The van der Waals surface area contributed by atoms with Crippen LogP contribution in [0.25, 0.3) is 72.0 Å². The van der Waals surface area contributed by atoms with Crippen molar-refractivity contribution in [3.8, 4) is 50.2 Å². The van der Waals surface area contributed by atoms with Gasteiger partial charge in [0, 0.05) is 49.6 Å². The number of anilines is 3. The summed E-state index contributed by atoms with van der Waals surface area (Å²) in [4.78, 5) is 2.55. The molecule has 3 aliphatic carbocycles. The summed E-state index contributed by atoms with van der Waals surface area (Å²) in [5, 5.41) is 2.50. The van der Waals surface area contributed by atoms with Gasteiger partial charge in [-0.1, -0.05) is 175 Å². The molecule has 0 amide bonds. The molecule has 0 saturated carbocycles. The molecule has 9 aromatic carbocycles. The molecule has 0 N–H and O–H groups in total. The molecule has 0 saturated heterocycles. The van der Waals surface area contributed by atoms with Crippen LogP contribution in [0.15, 0.2) is 194 Å². The molecule has 312 valence electrons. The quantitative estimate of drug-likeness (QED) is 0.168. The lowest BCUT2D eigenvalue weighted by atomic mass is 9.79. The molecular formula is C63H50N2. The first-order valence-electron chi connectivity index (χ1n) is 23.2. The van der Waals surface area contributed by atoms with E-state index in [4.69, 9.17) is 0 Å². The van der Waals surface area contributed by atoms with Gasteiger partial charge in [-0.3, -0.25) is 0 Å². The third kappa shape index (κ3) is 5.17. The molecular weight excluding hydrogens is 785 g/mol. The first kappa shape index (κ1) is 38.1. The van der Waals surface area contributed by atoms with Crippen molar-refractivity contribution in [3.05, 3.63) is 228 Å². The van der Waals surface area contributed by atoms with E-state index >= 15 is 0 Å². The van der Waals surface area contributed by atoms with Crippen LogP contribution in [0.4, 0.5) is 17.1 Å². The highest BCUT2D eigenvalue weighted by molar-refractivity contribution is 6.11. The zero-order chi connectivity index (χ0) is 44.0. The Balaban J connectivity index is 1.04. The summed E-state index contributed by atoms with van der Waals surface area (Å²) < 4.78 is 2.44. The molecule has 0 fully saturated rings. The van der Waals surface area contributed by atoms with E-state index in [1.54, 1.807) is 0 Å². The molecule has 1 heterocycles. The van der Waals surface area contributed by atoms with Gasteiger partial charge < -0.3 is 9.47 Å². The summed E-state index contributed by atoms with van der Waals surface area (Å²) in [6.45, 7) is 14.5. The molecule has 10 aromatic rings. The normalized spacial score (nSPS) is 15.3. The van der Waals surface area contributed by atoms with E-state index in [1.807, 2.05) is 0 Å². The fourth-order valence-electron chi connectivity index (χ4n) is 12.3. The van der Waals surface area contributed by atoms with Gasteiger partial charge in [-0.2, -0.15) is 0 Å². The monoisotopic (exact) mass is 834 g/mol. The molecule has 13 rings (SSSR count). The molecule has 3 aliphatic rings. The van der Waals surface area contributed by atoms with E-state index in [2.05, 4.69) is 245 Å². The van der Waals surface area contributed by atoms with Crippen LogP contribution in [0, 0.1) is 0 Å². The minimum absolute atomic E-state index is 0.132. The zero-order valence-electron chi connectivity index (χ0n) is 37.9. The van der Waals surface area contributed by atoms with Gasteiger partial charge in [0.25, 0.3) is 0 Å². The third-order valence-corrected chi connectivity index (χ3v) is 15.6. The average molecular weight is 835 g/mol. The Bertz CT molecular complexity index is 3620. The van der Waals surface area contributed by atoms with E-state index in [9.17, 15) is 0 Å². The molecule has 0 aliphatic heterocycles. The smallest absolute Gasteiger partial charge is 0.0561 e. The van der Waals surface area contributed by atoms with Gasteiger partial charge in [0.15, 0.2) is 0 Å². The highest BCUT2D eigenvalue weighted by Gasteiger charge is 2.43. The van der Waals surface area contributed by atoms with Crippen LogP contribution in [-0.2, 0) is 16.2 Å². The Labute approximate surface area is 382 Å². The third-order valence-electron chi connectivity index (χ3n) is 15.6. The molecule has 2 nitrogen and oxygen atoms in total. The lowest BCUT2D eigenvalue weighted by Crippen LogP contribution is -2.18. The van der Waals surface area contributed by atoms with E-state index in [0.29, 0.717) is 0 Å². The standard InChI is InChI=1S/C63H50N2/c1-61(2)50-26-15-13-24-47(50)60-52(61)28-18-30-57(60)64(42-32-34-46-45-23-14-16-29-56(45)65(58(46)36-42)40-21-11-8-12-22-40)41-31-33-44-48-37-55-49(38-54(48)63(5,6)53(44)35-41)59-43(39-19-9-7-10-20-39)25-17-27-51(59)62(55,3)4/h7-38H,1-6H3. The summed E-state index contributed by atoms with van der Waals surface area (Å²) in [6, 6.07) is 73.0. The fraction of sp³-hybridized carbons (Fsp3) is 0.143. The Kier molecular flexibility index (Phi) is 7.80. The molecule has 0 atom stereocenters. The lowest BCUT2D eigenvalue weighted by molar-refractivity contribution is 0.652. The van der Waals surface area contributed by atoms with Gasteiger partial charge >= 0.3 is 0 Å². The summed E-state index contributed by atoms with van der Waals surface area (Å²) >= 11 is 0. The number of hydrogen-bond donors (Lipinski definition) is 0. The second kappa shape index (κ2) is 13.3. The van der Waals surface area contributed by atoms with Crippen LogP contribution in [0.3, 0.4) is 0 Å². The van der Waals surface area contributed by atoms with E-state index in [1.165, 1.54) is 105 Å². The van der Waals surface area contributed by atoms with Crippen LogP contribution < -0.4 is 4.90 Å². The van der Waals surface area contributed by atoms with E-state index in [0.717, 1.165) is 17.1 Å². The number of para-hydroxylation sites is 2. The van der Waals surface area contributed by atoms with Gasteiger partial charge in [-0.15, -0.1) is 0 Å². The number of hydrogen-bond acceptors (Lipinski definition) is 1. The van der Waals surface area contributed by atoms with Gasteiger partial charge in [-0.05, 0) is 133 Å². The maximum Gasteiger partial charge on any atom is 0.0561 e. The minimum atomic E-state index is -0.243. The van der Waals surface area contributed by atoms with Crippen LogP contribution in [0.2, 0.25) is 0 Å². The predicted octanol–water partition coefficient (Wildman–Crippen LogP) is 16.8. The van der Waals surface area contributed by atoms with Gasteiger partial charge in [0.2, 0.25) is 0 Å². The van der Waals surface area contributed by atoms with Crippen molar-refractivity contribution >= 4 is 38.9 Å². The number of rotatable bonds is 5. The zero-order valence-corrected chi connectivity index (χ0v) is 37.9. The summed E-state index contributed by atoms with van der Waals surface area (Å²) in [6.07, 6.45) is 0. The van der Waals surface area contributed by atoms with Crippen LogP contribution in [0.1, 0.15) is 74.9 Å². The molecule has 0 radical (unpaired) electrons. The molecule has 2 heteroatoms. The number of benzene rings is 9. The summed E-state index contributed by atoms with van der Waals surface area (Å²) in [7, 11) is 0. The highest BCUT2D eigenvalue weighted by atomic mass is 15.1. The van der Waals surface area contributed by atoms with Crippen molar-refractivity contribution in [1.29, 1.82) is 0 Å². The largest absolute Gasteiger partial charge is 0.310 e. The fourth-order valence-corrected chi connectivity index (χ4v) is 12.3. The first-order chi connectivity index (χ1) is 31.5. The SMILES string of the molecule is CC1(C)c2cc(N(c3ccc4c5ccccc5n(-c5ccccc5)c4c3)c3cccc4c3-c3ccccc3C4(C)C)ccc2-c2cc3c(cc21)-c1c(-c2ccccc2)cccc1C3(C)C. The second-order valence-corrected chi connectivity index (χ2v) is 20.1. The van der Waals surface area contributed by atoms with E-state index in [-0.39, 0.29) is 16.2 Å². The summed E-state index contributed by atoms with van der Waals surface area (Å²) in [5.41, 5.74) is 25.5. The number of fused-ring (bicyclic) bond motifs is 12. The van der Waals surface area contributed by atoms with Crippen LogP contribution in [-0.4, -0.2) is 4.57 Å². The Morgan fingerprint density at radius 3 is 1.71 bits per heavy atom. The van der Waals surface area contributed by atoms with Gasteiger partial charge in [0.05, 0.1) is 16.7 Å². The van der Waals surface area contributed by atoms with Crippen LogP contribution in [0.5, 0.6) is 0 Å². The minimum Gasteiger partial charge on any atom is -0.310 e. The maximum absolute atomic E-state index is 2.56. The van der Waals surface area contributed by atoms with Gasteiger partial charge in [0.1, 0.15) is 0 Å². The summed E-state index contributed by atoms with van der Waals surface area (Å²) in [5.74, 6) is 0. The highest BCUT2D eigenvalue weighted by Crippen LogP contribution is 2.59. The molecule has 65 heavy (non-hydrogen) atoms. The topological polar surface area (TPSA) is 8.17 Å². The Morgan fingerprint density at radius 2 is 0.892 bits per heavy atom. The molecule has 1 aromatic heterocycles. The van der Waals surface area contributed by atoms with Crippen molar-refractivity contribution in [2.24, 2.45) is 0 Å². The first-order valence-corrected chi connectivity index (χ1v) is 23.2. The lowest BCUT2D eigenvalue weighted by Gasteiger charge is -2.30. The van der Waals surface area contributed by atoms with Crippen molar-refractivity contribution in [3.63, 3.8) is 0 Å². The number of nitrogens with zero attached hydrogens (tertiary/aromatic N) is 2. The van der Waals surface area contributed by atoms with E-state index < -0.39 is 0 Å². The molecule has 0 unspecified atom stereocenters. The van der Waals surface area contributed by atoms with Crippen molar-refractivity contribution < 1.29 is 0 Å². The second-order valence-electron chi connectivity index (χ2n) is 20.1. The predicted molar refractivity (Wildman–Crippen MR) is 274 cm³/mol. The van der Waals surface area contributed by atoms with Crippen molar-refractivity contribution in [2.45, 2.75) is 57.8 Å². The maximum atomic E-state index is 2.56. The Hall–Kier alpha value is -7.42. The molecule has 0 bridgehead atoms. The Morgan fingerprint density at radius 1 is 0.338 bits per heavy atom. The van der Waals surface area contributed by atoms with Crippen molar-refractivity contribution in [1.82, 2.24) is 4.57 Å². The average Bonchev–Trinajstić information content (AvgIpc) is 3.95. The van der Waals surface area contributed by atoms with Gasteiger partial charge in [-0.25, -0.2) is 0 Å². The number of aromatic nitrogens is 1. The molecule has 0 spiro atoms.